The molecule has 4 heterocycles. The molecule has 0 fully saturated rings. The monoisotopic (exact) mass is 1280 g/mol. The maximum absolute atomic E-state index is 2.67. The molecule has 464 valence electrons. The van der Waals surface area contributed by atoms with E-state index < -0.39 is 0 Å². The molecule has 0 bridgehead atoms. The van der Waals surface area contributed by atoms with Crippen molar-refractivity contribution in [1.82, 2.24) is 0 Å². The number of nitrogens with zero attached hydrogens (tertiary/aromatic N) is 5. The average molecular weight is 1280 g/mol. The molecule has 0 spiro atoms. The van der Waals surface area contributed by atoms with Gasteiger partial charge in [-0.1, -0.05) is 278 Å². The number of benzene rings is 15. The van der Waals surface area contributed by atoms with E-state index in [0.717, 1.165) is 113 Å². The van der Waals surface area contributed by atoms with Gasteiger partial charge in [0, 0.05) is 89.0 Å². The van der Waals surface area contributed by atoms with Gasteiger partial charge in [-0.15, -0.1) is 0 Å². The van der Waals surface area contributed by atoms with Crippen LogP contribution in [0.25, 0.3) is 33.4 Å². The highest BCUT2D eigenvalue weighted by atomic mass is 32.2. The summed E-state index contributed by atoms with van der Waals surface area (Å²) in [5, 5.41) is 0. The number of fused-ring (bicyclic) bond motifs is 8. The molecular formula is C91H63B2N5S. The molecule has 8 heteroatoms. The number of hydrogen-bond acceptors (Lipinski definition) is 6. The van der Waals surface area contributed by atoms with Crippen molar-refractivity contribution in [1.29, 1.82) is 0 Å². The minimum atomic E-state index is -0.173. The Labute approximate surface area is 583 Å². The lowest BCUT2D eigenvalue weighted by atomic mass is 9.31. The Bertz CT molecular complexity index is 5550. The van der Waals surface area contributed by atoms with Gasteiger partial charge in [-0.25, -0.2) is 0 Å². The van der Waals surface area contributed by atoms with E-state index in [0.29, 0.717) is 0 Å². The summed E-state index contributed by atoms with van der Waals surface area (Å²) >= 11 is 1.92. The smallest absolute Gasteiger partial charge is 0.252 e. The Morgan fingerprint density at radius 2 is 0.697 bits per heavy atom. The van der Waals surface area contributed by atoms with Crippen LogP contribution in [0.2, 0.25) is 0 Å². The predicted molar refractivity (Wildman–Crippen MR) is 421 cm³/mol. The van der Waals surface area contributed by atoms with Crippen LogP contribution in [-0.4, -0.2) is 13.4 Å². The van der Waals surface area contributed by atoms with Crippen LogP contribution in [0.4, 0.5) is 85.3 Å². The maximum atomic E-state index is 2.67. The van der Waals surface area contributed by atoms with Gasteiger partial charge < -0.3 is 24.5 Å². The van der Waals surface area contributed by atoms with Crippen LogP contribution >= 0.6 is 11.8 Å². The highest BCUT2D eigenvalue weighted by Gasteiger charge is 2.48. The molecule has 0 saturated carbocycles. The van der Waals surface area contributed by atoms with Gasteiger partial charge in [-0.3, -0.25) is 0 Å². The molecule has 0 atom stereocenters. The van der Waals surface area contributed by atoms with E-state index in [1.165, 1.54) is 53.7 Å². The van der Waals surface area contributed by atoms with Crippen molar-refractivity contribution in [2.45, 2.75) is 16.7 Å². The molecule has 99 heavy (non-hydrogen) atoms. The molecule has 15 aromatic rings. The Balaban J connectivity index is 0.918. The molecule has 4 aliphatic rings. The number of aryl methyl sites for hydroxylation is 1. The lowest BCUT2D eigenvalue weighted by molar-refractivity contribution is 1.21. The van der Waals surface area contributed by atoms with Crippen molar-refractivity contribution in [2.75, 3.05) is 24.5 Å². The van der Waals surface area contributed by atoms with Crippen molar-refractivity contribution in [2.24, 2.45) is 0 Å². The summed E-state index contributed by atoms with van der Waals surface area (Å²) < 4.78 is 0. The maximum Gasteiger partial charge on any atom is 0.252 e. The molecule has 5 nitrogen and oxygen atoms in total. The van der Waals surface area contributed by atoms with Gasteiger partial charge in [-0.05, 0) is 160 Å². The Kier molecular flexibility index (Phi) is 14.2. The summed E-state index contributed by atoms with van der Waals surface area (Å²) in [6.45, 7) is 1.98. The fourth-order valence-corrected chi connectivity index (χ4v) is 17.4. The van der Waals surface area contributed by atoms with Crippen LogP contribution in [0.5, 0.6) is 0 Å². The average Bonchev–Trinajstić information content (AvgIpc) is 0.688. The molecule has 19 rings (SSSR count). The number of anilines is 15. The van der Waals surface area contributed by atoms with Crippen LogP contribution < -0.4 is 57.3 Å². The summed E-state index contributed by atoms with van der Waals surface area (Å²) in [6, 6.07) is 135. The second kappa shape index (κ2) is 24.2. The minimum Gasteiger partial charge on any atom is -0.311 e. The fraction of sp³-hybridized carbons (Fsp3) is 0.0110. The van der Waals surface area contributed by atoms with Gasteiger partial charge in [0.05, 0.1) is 22.7 Å². The van der Waals surface area contributed by atoms with E-state index in [9.17, 15) is 0 Å². The fourth-order valence-electron chi connectivity index (χ4n) is 16.2. The lowest BCUT2D eigenvalue weighted by Gasteiger charge is -2.46. The summed E-state index contributed by atoms with van der Waals surface area (Å²) in [5.74, 6) is 0. The number of hydrogen-bond donors (Lipinski definition) is 0. The lowest BCUT2D eigenvalue weighted by Crippen LogP contribution is -2.64. The highest BCUT2D eigenvalue weighted by Crippen LogP contribution is 2.54. The second-order valence-corrected chi connectivity index (χ2v) is 27.0. The van der Waals surface area contributed by atoms with Gasteiger partial charge in [0.1, 0.15) is 0 Å². The van der Waals surface area contributed by atoms with E-state index in [-0.39, 0.29) is 13.4 Å². The molecule has 0 N–H and O–H groups in total. The summed E-state index contributed by atoms with van der Waals surface area (Å²) in [6.07, 6.45) is 0. The van der Waals surface area contributed by atoms with Crippen LogP contribution in [0.1, 0.15) is 5.56 Å². The predicted octanol–water partition coefficient (Wildman–Crippen LogP) is 20.8. The first-order valence-electron chi connectivity index (χ1n) is 34.1. The number of para-hydroxylation sites is 9. The molecule has 0 aromatic heterocycles. The molecule has 0 unspecified atom stereocenters. The zero-order chi connectivity index (χ0) is 65.5. The third-order valence-electron chi connectivity index (χ3n) is 20.3. The van der Waals surface area contributed by atoms with Crippen LogP contribution in [0, 0.1) is 6.92 Å². The molecule has 0 amide bonds. The molecule has 15 aromatic carbocycles. The van der Waals surface area contributed by atoms with E-state index in [4.69, 9.17) is 0 Å². The largest absolute Gasteiger partial charge is 0.311 e. The first kappa shape index (κ1) is 58.2. The quantitative estimate of drug-likeness (QED) is 0.113. The normalized spacial score (nSPS) is 12.8. The SMILES string of the molecule is Cc1cccc(-c2ccccc2)c1N1c2cc3c(cc2B2c4ccccc4N(c4ccccc4)c4cc(N(c5ccccc5)c5ccccc5)cc1c42)B1c2ccccc2N(c2ccccc2-c2ccccc2)c2cc(N(c4ccccc4)c4ccccc4-c4ccccc4)cc(c21)S3. The van der Waals surface area contributed by atoms with Gasteiger partial charge in [0.25, 0.3) is 6.71 Å². The molecule has 0 aliphatic carbocycles. The molecule has 0 saturated heterocycles. The van der Waals surface area contributed by atoms with Crippen molar-refractivity contribution < 1.29 is 0 Å². The first-order valence-corrected chi connectivity index (χ1v) is 35.0. The van der Waals surface area contributed by atoms with Crippen LogP contribution in [0.15, 0.2) is 374 Å². The summed E-state index contributed by atoms with van der Waals surface area (Å²) in [5.41, 5.74) is 32.5. The topological polar surface area (TPSA) is 16.2 Å². The van der Waals surface area contributed by atoms with Crippen LogP contribution in [0.3, 0.4) is 0 Å². The molecular weight excluding hydrogens is 1220 g/mol. The Hall–Kier alpha value is -12.2. The van der Waals surface area contributed by atoms with E-state index >= 15 is 0 Å². The van der Waals surface area contributed by atoms with E-state index in [1.54, 1.807) is 0 Å². The highest BCUT2D eigenvalue weighted by molar-refractivity contribution is 8.00. The van der Waals surface area contributed by atoms with E-state index in [1.807, 2.05) is 11.8 Å². The van der Waals surface area contributed by atoms with Gasteiger partial charge in [0.15, 0.2) is 0 Å². The standard InChI is InChI=1S/C91H63B2N5S/c1-62-32-31-49-74(65-37-13-4-14-38-65)91(62)98-83-61-87-78(60-77(83)92-75-50-25-29-54-81(75)96(69-45-21-8-22-46-69)84-56-70(57-85(98)89(84)92)94(66-39-15-5-16-40-66)67-41-17-6-18-42-67)93-76-51-26-30-55-82(76)97(80-53-28-24-48-73(80)64-35-11-3-12-36-64)86-58-71(59-88(99-87)90(86)93)95(68-43-19-7-20-44-68)79-52-27-23-47-72(79)63-33-9-2-10-34-63/h2-61H,1H3. The first-order chi connectivity index (χ1) is 49.1. The summed E-state index contributed by atoms with van der Waals surface area (Å²) in [7, 11) is 0. The zero-order valence-electron chi connectivity index (χ0n) is 54.4. The number of rotatable bonds is 12. The Morgan fingerprint density at radius 1 is 0.263 bits per heavy atom. The van der Waals surface area contributed by atoms with Crippen molar-refractivity contribution >= 4 is 143 Å². The molecule has 0 radical (unpaired) electrons. The zero-order valence-corrected chi connectivity index (χ0v) is 55.3. The van der Waals surface area contributed by atoms with Crippen molar-refractivity contribution in [3.8, 4) is 33.4 Å². The second-order valence-electron chi connectivity index (χ2n) is 25.9. The Morgan fingerprint density at radius 3 is 1.30 bits per heavy atom. The van der Waals surface area contributed by atoms with E-state index in [2.05, 4.69) is 395 Å². The van der Waals surface area contributed by atoms with Crippen molar-refractivity contribution in [3.63, 3.8) is 0 Å². The van der Waals surface area contributed by atoms with Crippen LogP contribution in [-0.2, 0) is 0 Å². The van der Waals surface area contributed by atoms with Gasteiger partial charge in [-0.2, -0.15) is 0 Å². The van der Waals surface area contributed by atoms with Crippen molar-refractivity contribution in [3.05, 3.63) is 370 Å². The van der Waals surface area contributed by atoms with Gasteiger partial charge >= 0.3 is 0 Å². The molecule has 4 aliphatic heterocycles. The van der Waals surface area contributed by atoms with Gasteiger partial charge in [0.2, 0.25) is 6.71 Å². The minimum absolute atomic E-state index is 0.149. The summed E-state index contributed by atoms with van der Waals surface area (Å²) in [4.78, 5) is 15.2. The third-order valence-corrected chi connectivity index (χ3v) is 21.5. The third kappa shape index (κ3) is 9.65.